The fourth-order valence-electron chi connectivity index (χ4n) is 8.30. The summed E-state index contributed by atoms with van der Waals surface area (Å²) in [6.45, 7) is 7.60. The van der Waals surface area contributed by atoms with Crippen molar-refractivity contribution in [1.82, 2.24) is 0 Å². The zero-order valence-electron chi connectivity index (χ0n) is 18.7. The maximum Gasteiger partial charge on any atom is 0.221 e. The number of ketones is 2. The molecule has 1 heterocycles. The van der Waals surface area contributed by atoms with Crippen LogP contribution in [0.1, 0.15) is 66.2 Å². The second-order valence-corrected chi connectivity index (χ2v) is 11.7. The minimum Gasteiger partial charge on any atom is -0.390 e. The van der Waals surface area contributed by atoms with Crippen molar-refractivity contribution < 1.29 is 28.6 Å². The lowest BCUT2D eigenvalue weighted by atomic mass is 9.43. The van der Waals surface area contributed by atoms with Gasteiger partial charge in [0.05, 0.1) is 12.2 Å². The number of Topliss-reactive ketones (excluding diaryl/α,β-unsaturated/α-hetero) is 1. The highest BCUT2D eigenvalue weighted by Gasteiger charge is 2.78. The van der Waals surface area contributed by atoms with Crippen LogP contribution in [0.4, 0.5) is 4.39 Å². The number of hydrogen-bond donors (Lipinski definition) is 1. The number of carbonyl (C=O) groups excluding carboxylic acids is 2. The number of fused-ring (bicyclic) bond motifs is 7. The molecule has 4 fully saturated rings. The lowest BCUT2D eigenvalue weighted by molar-refractivity contribution is -0.255. The molecule has 1 N–H and O–H groups in total. The molecule has 172 valence electrons. The maximum atomic E-state index is 17.2. The van der Waals surface area contributed by atoms with E-state index in [1.807, 2.05) is 13.8 Å². The fraction of sp³-hybridized carbons (Fsp3) is 0.833. The van der Waals surface area contributed by atoms with E-state index in [1.54, 1.807) is 6.92 Å². The minimum atomic E-state index is -1.98. The third kappa shape index (κ3) is 2.48. The van der Waals surface area contributed by atoms with Gasteiger partial charge < -0.3 is 14.6 Å². The van der Waals surface area contributed by atoms with Crippen molar-refractivity contribution in [2.75, 3.05) is 5.88 Å². The van der Waals surface area contributed by atoms with Gasteiger partial charge in [0.15, 0.2) is 5.79 Å². The number of aliphatic hydroxyl groups excluding tert-OH is 1. The molecule has 0 aromatic heterocycles. The van der Waals surface area contributed by atoms with Gasteiger partial charge in [-0.25, -0.2) is 4.39 Å². The number of carbonyl (C=O) groups is 2. The van der Waals surface area contributed by atoms with Crippen LogP contribution in [-0.4, -0.2) is 51.8 Å². The van der Waals surface area contributed by atoms with Gasteiger partial charge in [-0.1, -0.05) is 19.4 Å². The van der Waals surface area contributed by atoms with Crippen molar-refractivity contribution in [2.45, 2.75) is 95.5 Å². The van der Waals surface area contributed by atoms with E-state index in [-0.39, 0.29) is 24.9 Å². The highest BCUT2D eigenvalue weighted by Crippen LogP contribution is 2.73. The van der Waals surface area contributed by atoms with E-state index in [2.05, 4.69) is 6.92 Å². The zero-order chi connectivity index (χ0) is 22.6. The highest BCUT2D eigenvalue weighted by molar-refractivity contribution is 6.42. The molecule has 7 heteroatoms. The number of halogens is 2. The smallest absolute Gasteiger partial charge is 0.221 e. The van der Waals surface area contributed by atoms with Gasteiger partial charge in [0.1, 0.15) is 11.3 Å². The summed E-state index contributed by atoms with van der Waals surface area (Å²) in [7, 11) is 0. The molecule has 3 saturated carbocycles. The van der Waals surface area contributed by atoms with E-state index in [4.69, 9.17) is 21.1 Å². The zero-order valence-corrected chi connectivity index (χ0v) is 19.4. The Hall–Kier alpha value is -0.820. The van der Waals surface area contributed by atoms with Gasteiger partial charge in [0.2, 0.25) is 11.6 Å². The van der Waals surface area contributed by atoms with Gasteiger partial charge >= 0.3 is 0 Å². The van der Waals surface area contributed by atoms with Gasteiger partial charge in [-0.2, -0.15) is 0 Å². The van der Waals surface area contributed by atoms with Crippen LogP contribution in [0.2, 0.25) is 0 Å². The van der Waals surface area contributed by atoms with Crippen molar-refractivity contribution in [1.29, 1.82) is 0 Å². The largest absolute Gasteiger partial charge is 0.390 e. The van der Waals surface area contributed by atoms with Crippen LogP contribution in [0.25, 0.3) is 0 Å². The molecule has 1 saturated heterocycles. The van der Waals surface area contributed by atoms with Crippen molar-refractivity contribution >= 4 is 23.2 Å². The summed E-state index contributed by atoms with van der Waals surface area (Å²) in [6.07, 6.45) is 2.18. The number of alkyl halides is 2. The number of rotatable bonds is 2. The Morgan fingerprint density at radius 3 is 2.61 bits per heavy atom. The van der Waals surface area contributed by atoms with Crippen molar-refractivity contribution in [3.63, 3.8) is 0 Å². The molecule has 0 spiro atoms. The first kappa shape index (κ1) is 22.0. The molecule has 0 bridgehead atoms. The van der Waals surface area contributed by atoms with Crippen LogP contribution in [0.5, 0.6) is 0 Å². The molecule has 0 amide bonds. The van der Waals surface area contributed by atoms with Gasteiger partial charge in [0, 0.05) is 29.0 Å². The van der Waals surface area contributed by atoms with E-state index in [9.17, 15) is 14.7 Å². The summed E-state index contributed by atoms with van der Waals surface area (Å²) >= 11 is 6.22. The van der Waals surface area contributed by atoms with E-state index in [0.717, 1.165) is 0 Å². The quantitative estimate of drug-likeness (QED) is 0.506. The first-order chi connectivity index (χ1) is 14.3. The van der Waals surface area contributed by atoms with E-state index in [0.29, 0.717) is 37.1 Å². The van der Waals surface area contributed by atoms with E-state index >= 15 is 4.39 Å². The summed E-state index contributed by atoms with van der Waals surface area (Å²) in [4.78, 5) is 24.4. The average molecular weight is 455 g/mol. The van der Waals surface area contributed by atoms with Gasteiger partial charge in [0.25, 0.3) is 0 Å². The molecular weight excluding hydrogens is 423 g/mol. The summed E-state index contributed by atoms with van der Waals surface area (Å²) in [6, 6.07) is 0. The molecule has 3 unspecified atom stereocenters. The fourth-order valence-corrected chi connectivity index (χ4v) is 8.58. The maximum absolute atomic E-state index is 17.2. The Labute approximate surface area is 187 Å². The molecule has 8 atom stereocenters. The molecule has 0 aromatic carbocycles. The Morgan fingerprint density at radius 2 is 1.94 bits per heavy atom. The predicted octanol–water partition coefficient (Wildman–Crippen LogP) is 3.89. The molecular formula is C24H32ClFO5. The van der Waals surface area contributed by atoms with Crippen LogP contribution in [-0.2, 0) is 19.1 Å². The van der Waals surface area contributed by atoms with Gasteiger partial charge in [-0.15, -0.1) is 11.6 Å². The number of aliphatic hydroxyl groups is 1. The van der Waals surface area contributed by atoms with E-state index < -0.39 is 51.5 Å². The second-order valence-electron chi connectivity index (χ2n) is 11.3. The third-order valence-corrected chi connectivity index (χ3v) is 9.78. The molecule has 5 rings (SSSR count). The number of hydrogen-bond acceptors (Lipinski definition) is 5. The topological polar surface area (TPSA) is 72.8 Å². The lowest BCUT2D eigenvalue weighted by Gasteiger charge is -2.63. The second kappa shape index (κ2) is 6.40. The SMILES string of the molecule is CC1(C)OC2C[C@H]3[C@@H]4CCC5=CC(=O)C(=O)C[C@]5(C)C4(F)C(O)C[C@]3(C)[C@]2(CCCl)O1. The summed E-state index contributed by atoms with van der Waals surface area (Å²) < 4.78 is 30.1. The minimum absolute atomic E-state index is 0.0729. The Balaban J connectivity index is 1.61. The first-order valence-electron chi connectivity index (χ1n) is 11.4. The Morgan fingerprint density at radius 1 is 1.23 bits per heavy atom. The predicted molar refractivity (Wildman–Crippen MR) is 112 cm³/mol. The van der Waals surface area contributed by atoms with Crippen LogP contribution < -0.4 is 0 Å². The average Bonchev–Trinajstić information content (AvgIpc) is 3.04. The summed E-state index contributed by atoms with van der Waals surface area (Å²) in [5, 5.41) is 11.4. The van der Waals surface area contributed by atoms with Crippen LogP contribution in [0.15, 0.2) is 11.6 Å². The van der Waals surface area contributed by atoms with Gasteiger partial charge in [-0.05, 0) is 57.9 Å². The normalized spacial score (nSPS) is 52.8. The summed E-state index contributed by atoms with van der Waals surface area (Å²) in [5.41, 5.74) is -3.67. The number of ether oxygens (including phenoxy) is 2. The monoisotopic (exact) mass is 454 g/mol. The van der Waals surface area contributed by atoms with Crippen molar-refractivity contribution in [3.05, 3.63) is 11.6 Å². The molecule has 31 heavy (non-hydrogen) atoms. The first-order valence-corrected chi connectivity index (χ1v) is 12.0. The molecule has 5 nitrogen and oxygen atoms in total. The van der Waals surface area contributed by atoms with Crippen LogP contribution in [0, 0.1) is 22.7 Å². The lowest BCUT2D eigenvalue weighted by Crippen LogP contribution is -2.69. The summed E-state index contributed by atoms with van der Waals surface area (Å²) in [5.74, 6) is -2.01. The Kier molecular flexibility index (Phi) is 4.54. The molecule has 0 aromatic rings. The standard InChI is InChI=1S/C24H32ClFO5/c1-20(2)30-19-10-15-14-6-5-13-9-16(27)17(28)11-21(13,3)24(14,26)18(29)12-22(15,4)23(19,31-20)7-8-25/h9,14-15,18-19,29H,5-8,10-12H2,1-4H3/t14-,15-,18?,19?,21-,22-,23+,24?/m0/s1. The van der Waals surface area contributed by atoms with Gasteiger partial charge in [-0.3, -0.25) is 9.59 Å². The van der Waals surface area contributed by atoms with Crippen LogP contribution >= 0.6 is 11.6 Å². The highest BCUT2D eigenvalue weighted by atomic mass is 35.5. The molecule has 1 aliphatic heterocycles. The van der Waals surface area contributed by atoms with Crippen molar-refractivity contribution in [2.24, 2.45) is 22.7 Å². The molecule has 4 aliphatic carbocycles. The molecule has 5 aliphatic rings. The Bertz CT molecular complexity index is 887. The third-order valence-electron chi connectivity index (χ3n) is 9.59. The van der Waals surface area contributed by atoms with E-state index in [1.165, 1.54) is 6.08 Å². The van der Waals surface area contributed by atoms with Crippen LogP contribution in [0.3, 0.4) is 0 Å². The number of allylic oxidation sites excluding steroid dienone is 1. The van der Waals surface area contributed by atoms with Crippen molar-refractivity contribution in [3.8, 4) is 0 Å². The molecule has 0 radical (unpaired) electrons.